The molecule has 2 aromatic rings. The Hall–Kier alpha value is -2.90. The van der Waals surface area contributed by atoms with Gasteiger partial charge in [-0.2, -0.15) is 0 Å². The van der Waals surface area contributed by atoms with Gasteiger partial charge in [0, 0.05) is 5.56 Å². The Balaban J connectivity index is 2.11. The highest BCUT2D eigenvalue weighted by atomic mass is 16.5. The largest absolute Gasteiger partial charge is 0.493 e. The van der Waals surface area contributed by atoms with Gasteiger partial charge in [0.1, 0.15) is 6.54 Å². The average molecular weight is 319 g/mol. The van der Waals surface area contributed by atoms with Crippen LogP contribution in [0.25, 0.3) is 0 Å². The Bertz CT molecular complexity index is 711. The maximum Gasteiger partial charge on any atom is 0.360 e. The summed E-state index contributed by atoms with van der Waals surface area (Å²) in [7, 11) is 3.01. The molecule has 0 atom stereocenters. The third-order valence-corrected chi connectivity index (χ3v) is 3.03. The van der Waals surface area contributed by atoms with Gasteiger partial charge in [-0.15, -0.1) is 5.10 Å². The molecule has 0 fully saturated rings. The summed E-state index contributed by atoms with van der Waals surface area (Å²) in [6.07, 6.45) is 1.37. The van der Waals surface area contributed by atoms with E-state index in [1.807, 2.05) is 0 Å². The first-order valence-electron chi connectivity index (χ1n) is 6.91. The van der Waals surface area contributed by atoms with Crippen LogP contribution in [-0.2, 0) is 11.3 Å². The smallest absolute Gasteiger partial charge is 0.360 e. The molecule has 0 spiro atoms. The first-order chi connectivity index (χ1) is 11.1. The molecule has 1 aromatic heterocycles. The third kappa shape index (κ3) is 3.85. The van der Waals surface area contributed by atoms with Crippen molar-refractivity contribution in [3.63, 3.8) is 0 Å². The maximum atomic E-state index is 12.3. The number of hydrogen-bond donors (Lipinski definition) is 0. The predicted octanol–water partition coefficient (Wildman–Crippen LogP) is 1.35. The maximum absolute atomic E-state index is 12.3. The first kappa shape index (κ1) is 16.5. The van der Waals surface area contributed by atoms with Gasteiger partial charge < -0.3 is 14.2 Å². The zero-order valence-electron chi connectivity index (χ0n) is 13.1. The van der Waals surface area contributed by atoms with Crippen molar-refractivity contribution < 1.29 is 23.8 Å². The lowest BCUT2D eigenvalue weighted by molar-refractivity contribution is 0.0519. The van der Waals surface area contributed by atoms with Crippen molar-refractivity contribution in [1.82, 2.24) is 15.0 Å². The van der Waals surface area contributed by atoms with E-state index in [1.165, 1.54) is 25.1 Å². The van der Waals surface area contributed by atoms with Gasteiger partial charge in [-0.05, 0) is 25.1 Å². The fourth-order valence-electron chi connectivity index (χ4n) is 1.92. The van der Waals surface area contributed by atoms with Crippen LogP contribution in [0.1, 0.15) is 27.8 Å². The molecule has 23 heavy (non-hydrogen) atoms. The van der Waals surface area contributed by atoms with Gasteiger partial charge in [0.2, 0.25) is 0 Å². The van der Waals surface area contributed by atoms with Crippen LogP contribution in [0.2, 0.25) is 0 Å². The van der Waals surface area contributed by atoms with E-state index in [2.05, 4.69) is 10.3 Å². The monoisotopic (exact) mass is 319 g/mol. The molecule has 0 radical (unpaired) electrons. The Kier molecular flexibility index (Phi) is 5.29. The number of ketones is 1. The minimum Gasteiger partial charge on any atom is -0.493 e. The van der Waals surface area contributed by atoms with E-state index >= 15 is 0 Å². The summed E-state index contributed by atoms with van der Waals surface area (Å²) in [5.41, 5.74) is 0.503. The van der Waals surface area contributed by atoms with Gasteiger partial charge >= 0.3 is 5.97 Å². The molecular weight excluding hydrogens is 302 g/mol. The van der Waals surface area contributed by atoms with Crippen molar-refractivity contribution in [2.75, 3.05) is 20.8 Å². The van der Waals surface area contributed by atoms with E-state index in [0.717, 1.165) is 0 Å². The lowest BCUT2D eigenvalue weighted by atomic mass is 10.1. The fourth-order valence-corrected chi connectivity index (χ4v) is 1.92. The van der Waals surface area contributed by atoms with Crippen LogP contribution in [0.4, 0.5) is 0 Å². The standard InChI is InChI=1S/C15H17N3O5/c1-4-23-15(20)11-8-18(17-16-11)9-12(19)10-5-6-13(21-2)14(7-10)22-3/h5-8H,4,9H2,1-3H3. The molecule has 8 heteroatoms. The van der Waals surface area contributed by atoms with Gasteiger partial charge in [0.15, 0.2) is 23.0 Å². The van der Waals surface area contributed by atoms with Crippen LogP contribution in [0.3, 0.4) is 0 Å². The zero-order valence-corrected chi connectivity index (χ0v) is 13.1. The van der Waals surface area contributed by atoms with Crippen molar-refractivity contribution >= 4 is 11.8 Å². The molecule has 0 saturated carbocycles. The molecule has 0 unspecified atom stereocenters. The third-order valence-electron chi connectivity index (χ3n) is 3.03. The summed E-state index contributed by atoms with van der Waals surface area (Å²) < 4.78 is 16.4. The van der Waals surface area contributed by atoms with Crippen LogP contribution >= 0.6 is 0 Å². The number of ether oxygens (including phenoxy) is 3. The molecule has 2 rings (SSSR count). The number of hydrogen-bond acceptors (Lipinski definition) is 7. The Morgan fingerprint density at radius 3 is 2.57 bits per heavy atom. The summed E-state index contributed by atoms with van der Waals surface area (Å²) in [4.78, 5) is 23.8. The fraction of sp³-hybridized carbons (Fsp3) is 0.333. The van der Waals surface area contributed by atoms with Crippen LogP contribution in [0.5, 0.6) is 11.5 Å². The summed E-state index contributed by atoms with van der Waals surface area (Å²) >= 11 is 0. The SMILES string of the molecule is CCOC(=O)c1cn(CC(=O)c2ccc(OC)c(OC)c2)nn1. The van der Waals surface area contributed by atoms with Crippen LogP contribution in [0.15, 0.2) is 24.4 Å². The van der Waals surface area contributed by atoms with Crippen LogP contribution in [-0.4, -0.2) is 47.6 Å². The van der Waals surface area contributed by atoms with Crippen molar-refractivity contribution in [2.45, 2.75) is 13.5 Å². The lowest BCUT2D eigenvalue weighted by Crippen LogP contribution is -2.11. The van der Waals surface area contributed by atoms with E-state index < -0.39 is 5.97 Å². The van der Waals surface area contributed by atoms with E-state index in [1.54, 1.807) is 25.1 Å². The molecular formula is C15H17N3O5. The number of Topliss-reactive ketones (excluding diaryl/α,β-unsaturated/α-hetero) is 1. The predicted molar refractivity (Wildman–Crippen MR) is 79.9 cm³/mol. The van der Waals surface area contributed by atoms with Crippen molar-refractivity contribution in [3.05, 3.63) is 35.7 Å². The van der Waals surface area contributed by atoms with Crippen molar-refractivity contribution in [3.8, 4) is 11.5 Å². The zero-order chi connectivity index (χ0) is 16.8. The highest BCUT2D eigenvalue weighted by Gasteiger charge is 2.15. The number of esters is 1. The van der Waals surface area contributed by atoms with Gasteiger partial charge in [-0.1, -0.05) is 5.21 Å². The second-order valence-electron chi connectivity index (χ2n) is 4.51. The molecule has 0 aliphatic rings. The summed E-state index contributed by atoms with van der Waals surface area (Å²) in [5, 5.41) is 7.43. The molecule has 0 aliphatic carbocycles. The second-order valence-corrected chi connectivity index (χ2v) is 4.51. The molecule has 0 aliphatic heterocycles. The van der Waals surface area contributed by atoms with Gasteiger partial charge in [-0.3, -0.25) is 4.79 Å². The van der Waals surface area contributed by atoms with Gasteiger partial charge in [0.05, 0.1) is 27.0 Å². The topological polar surface area (TPSA) is 92.5 Å². The average Bonchev–Trinajstić information content (AvgIpc) is 3.03. The molecule has 122 valence electrons. The minimum atomic E-state index is -0.572. The van der Waals surface area contributed by atoms with Crippen LogP contribution in [0, 0.1) is 0 Å². The normalized spacial score (nSPS) is 10.2. The highest BCUT2D eigenvalue weighted by molar-refractivity contribution is 5.96. The van der Waals surface area contributed by atoms with Crippen molar-refractivity contribution in [2.24, 2.45) is 0 Å². The molecule has 0 bridgehead atoms. The molecule has 0 N–H and O–H groups in total. The van der Waals surface area contributed by atoms with E-state index in [9.17, 15) is 9.59 Å². The molecule has 0 saturated heterocycles. The Morgan fingerprint density at radius 1 is 1.17 bits per heavy atom. The van der Waals surface area contributed by atoms with Crippen molar-refractivity contribution in [1.29, 1.82) is 0 Å². The summed E-state index contributed by atoms with van der Waals surface area (Å²) in [6, 6.07) is 4.87. The quantitative estimate of drug-likeness (QED) is 0.562. The highest BCUT2D eigenvalue weighted by Crippen LogP contribution is 2.27. The van der Waals surface area contributed by atoms with Crippen LogP contribution < -0.4 is 9.47 Å². The van der Waals surface area contributed by atoms with Gasteiger partial charge in [-0.25, -0.2) is 9.48 Å². The molecule has 1 aromatic carbocycles. The number of rotatable bonds is 7. The van der Waals surface area contributed by atoms with E-state index in [4.69, 9.17) is 14.2 Å². The Morgan fingerprint density at radius 2 is 1.91 bits per heavy atom. The summed E-state index contributed by atoms with van der Waals surface area (Å²) in [6.45, 7) is 1.89. The van der Waals surface area contributed by atoms with E-state index in [0.29, 0.717) is 17.1 Å². The second kappa shape index (κ2) is 7.39. The molecule has 8 nitrogen and oxygen atoms in total. The van der Waals surface area contributed by atoms with E-state index in [-0.39, 0.29) is 24.6 Å². The number of nitrogens with zero attached hydrogens (tertiary/aromatic N) is 3. The number of benzene rings is 1. The molecule has 0 amide bonds. The summed E-state index contributed by atoms with van der Waals surface area (Å²) in [5.74, 6) is 0.224. The number of methoxy groups -OCH3 is 2. The number of aromatic nitrogens is 3. The number of carbonyl (C=O) groups is 2. The number of carbonyl (C=O) groups excluding carboxylic acids is 2. The Labute approximate surface area is 133 Å². The van der Waals surface area contributed by atoms with Gasteiger partial charge in [0.25, 0.3) is 0 Å². The first-order valence-corrected chi connectivity index (χ1v) is 6.91. The molecule has 1 heterocycles. The minimum absolute atomic E-state index is 0.0537. The lowest BCUT2D eigenvalue weighted by Gasteiger charge is -2.08.